The van der Waals surface area contributed by atoms with Gasteiger partial charge in [-0.2, -0.15) is 5.26 Å². The first kappa shape index (κ1) is 11.3. The highest BCUT2D eigenvalue weighted by Crippen LogP contribution is 2.26. The van der Waals surface area contributed by atoms with Crippen LogP contribution in [-0.4, -0.2) is 4.98 Å². The Morgan fingerprint density at radius 2 is 2.29 bits per heavy atom. The van der Waals surface area contributed by atoms with Gasteiger partial charge in [-0.25, -0.2) is 13.8 Å². The third-order valence-corrected chi connectivity index (χ3v) is 2.41. The predicted octanol–water partition coefficient (Wildman–Crippen LogP) is 3.39. The first-order valence-corrected chi connectivity index (χ1v) is 4.86. The highest BCUT2D eigenvalue weighted by Gasteiger charge is 2.15. The van der Waals surface area contributed by atoms with E-state index in [0.29, 0.717) is 4.47 Å². The molecule has 0 fully saturated rings. The maximum Gasteiger partial charge on any atom is 0.280 e. The van der Waals surface area contributed by atoms with Crippen LogP contribution >= 0.6 is 27.5 Å². The molecular formula is C8H4BrClF2N2. The number of aromatic nitrogens is 1. The van der Waals surface area contributed by atoms with Crippen LogP contribution in [0.2, 0.25) is 0 Å². The van der Waals surface area contributed by atoms with E-state index in [9.17, 15) is 8.78 Å². The van der Waals surface area contributed by atoms with Crippen molar-refractivity contribution in [3.8, 4) is 6.07 Å². The fourth-order valence-corrected chi connectivity index (χ4v) is 1.66. The summed E-state index contributed by atoms with van der Waals surface area (Å²) < 4.78 is 24.9. The molecule has 0 aliphatic heterocycles. The van der Waals surface area contributed by atoms with Gasteiger partial charge in [-0.1, -0.05) is 0 Å². The first-order valence-electron chi connectivity index (χ1n) is 3.53. The SMILES string of the molecule is N#Cc1c(Br)cc(C(F)F)nc1CCl. The van der Waals surface area contributed by atoms with E-state index in [1.807, 2.05) is 6.07 Å². The standard InChI is InChI=1S/C8H4BrClF2N2/c9-5-1-6(8(11)12)14-7(2-10)4(5)3-13/h1,8H,2H2. The van der Waals surface area contributed by atoms with Gasteiger partial charge < -0.3 is 0 Å². The molecule has 0 saturated carbocycles. The third kappa shape index (κ3) is 2.20. The van der Waals surface area contributed by atoms with Crippen molar-refractivity contribution < 1.29 is 8.78 Å². The van der Waals surface area contributed by atoms with E-state index in [4.69, 9.17) is 16.9 Å². The number of nitriles is 1. The molecule has 0 atom stereocenters. The number of rotatable bonds is 2. The third-order valence-electron chi connectivity index (χ3n) is 1.53. The summed E-state index contributed by atoms with van der Waals surface area (Å²) in [5.74, 6) is -0.0674. The highest BCUT2D eigenvalue weighted by molar-refractivity contribution is 9.10. The minimum atomic E-state index is -2.67. The summed E-state index contributed by atoms with van der Waals surface area (Å²) in [6, 6.07) is 2.97. The minimum Gasteiger partial charge on any atom is -0.249 e. The molecule has 74 valence electrons. The summed E-state index contributed by atoms with van der Waals surface area (Å²) in [4.78, 5) is 3.59. The van der Waals surface area contributed by atoms with Crippen molar-refractivity contribution in [1.29, 1.82) is 5.26 Å². The normalized spacial score (nSPS) is 10.3. The number of hydrogen-bond acceptors (Lipinski definition) is 2. The molecule has 0 aliphatic carbocycles. The lowest BCUT2D eigenvalue weighted by Crippen LogP contribution is -1.99. The van der Waals surface area contributed by atoms with Crippen molar-refractivity contribution in [2.24, 2.45) is 0 Å². The summed E-state index contributed by atoms with van der Waals surface area (Å²) in [6.07, 6.45) is -2.67. The van der Waals surface area contributed by atoms with Crippen molar-refractivity contribution in [1.82, 2.24) is 4.98 Å². The van der Waals surface area contributed by atoms with Crippen LogP contribution in [0.15, 0.2) is 10.5 Å². The molecule has 1 heterocycles. The molecule has 0 aliphatic rings. The molecule has 14 heavy (non-hydrogen) atoms. The first-order chi connectivity index (χ1) is 6.60. The summed E-state index contributed by atoms with van der Waals surface area (Å²) >= 11 is 8.49. The van der Waals surface area contributed by atoms with Crippen molar-refractivity contribution in [3.05, 3.63) is 27.5 Å². The van der Waals surface area contributed by atoms with Crippen molar-refractivity contribution in [3.63, 3.8) is 0 Å². The van der Waals surface area contributed by atoms with Crippen molar-refractivity contribution >= 4 is 27.5 Å². The van der Waals surface area contributed by atoms with Gasteiger partial charge in [-0.15, -0.1) is 11.6 Å². The van der Waals surface area contributed by atoms with E-state index in [2.05, 4.69) is 20.9 Å². The van der Waals surface area contributed by atoms with Gasteiger partial charge >= 0.3 is 0 Å². The average molecular weight is 281 g/mol. The number of nitrogens with zero attached hydrogens (tertiary/aromatic N) is 2. The van der Waals surface area contributed by atoms with Gasteiger partial charge in [-0.05, 0) is 22.0 Å². The van der Waals surface area contributed by atoms with E-state index in [1.54, 1.807) is 0 Å². The Labute approximate surface area is 92.6 Å². The zero-order chi connectivity index (χ0) is 10.7. The summed E-state index contributed by atoms with van der Waals surface area (Å²) in [6.45, 7) is 0. The molecule has 1 aromatic heterocycles. The maximum atomic E-state index is 12.3. The van der Waals surface area contributed by atoms with Gasteiger partial charge in [0.05, 0.1) is 17.1 Å². The Kier molecular flexibility index (Phi) is 3.78. The van der Waals surface area contributed by atoms with Crippen LogP contribution in [0.25, 0.3) is 0 Å². The van der Waals surface area contributed by atoms with Gasteiger partial charge in [0, 0.05) is 4.47 Å². The maximum absolute atomic E-state index is 12.3. The van der Waals surface area contributed by atoms with Gasteiger partial charge in [-0.3, -0.25) is 0 Å². The molecule has 0 saturated heterocycles. The Morgan fingerprint density at radius 1 is 1.64 bits per heavy atom. The lowest BCUT2D eigenvalue weighted by molar-refractivity contribution is 0.146. The van der Waals surface area contributed by atoms with Gasteiger partial charge in [0.15, 0.2) is 0 Å². The van der Waals surface area contributed by atoms with Gasteiger partial charge in [0.2, 0.25) is 0 Å². The summed E-state index contributed by atoms with van der Waals surface area (Å²) in [7, 11) is 0. The van der Waals surface area contributed by atoms with Crippen molar-refractivity contribution in [2.45, 2.75) is 12.3 Å². The second-order valence-electron chi connectivity index (χ2n) is 2.40. The molecule has 0 amide bonds. The lowest BCUT2D eigenvalue weighted by Gasteiger charge is -2.05. The van der Waals surface area contributed by atoms with Gasteiger partial charge in [0.1, 0.15) is 11.8 Å². The molecule has 0 N–H and O–H groups in total. The van der Waals surface area contributed by atoms with Crippen LogP contribution in [0.1, 0.15) is 23.4 Å². The van der Waals surface area contributed by atoms with E-state index in [0.717, 1.165) is 6.07 Å². The van der Waals surface area contributed by atoms with E-state index in [1.165, 1.54) is 0 Å². The Balaban J connectivity index is 3.33. The smallest absolute Gasteiger partial charge is 0.249 e. The van der Waals surface area contributed by atoms with E-state index in [-0.39, 0.29) is 22.8 Å². The Morgan fingerprint density at radius 3 is 2.71 bits per heavy atom. The lowest BCUT2D eigenvalue weighted by atomic mass is 10.2. The van der Waals surface area contributed by atoms with Crippen molar-refractivity contribution in [2.75, 3.05) is 0 Å². The quantitative estimate of drug-likeness (QED) is 0.779. The fourth-order valence-electron chi connectivity index (χ4n) is 0.910. The molecular weight excluding hydrogens is 277 g/mol. The topological polar surface area (TPSA) is 36.7 Å². The van der Waals surface area contributed by atoms with Crippen LogP contribution in [0.5, 0.6) is 0 Å². The molecule has 0 unspecified atom stereocenters. The predicted molar refractivity (Wildman–Crippen MR) is 51.2 cm³/mol. The Hall–Kier alpha value is -0.730. The van der Waals surface area contributed by atoms with E-state index < -0.39 is 6.43 Å². The molecule has 0 radical (unpaired) electrons. The van der Waals surface area contributed by atoms with Crippen LogP contribution < -0.4 is 0 Å². The van der Waals surface area contributed by atoms with Crippen LogP contribution in [-0.2, 0) is 5.88 Å². The van der Waals surface area contributed by atoms with E-state index >= 15 is 0 Å². The minimum absolute atomic E-state index is 0.0674. The molecule has 1 aromatic rings. The summed E-state index contributed by atoms with van der Waals surface area (Å²) in [5.41, 5.74) is -0.0187. The summed E-state index contributed by atoms with van der Waals surface area (Å²) in [5, 5.41) is 8.69. The molecule has 0 bridgehead atoms. The zero-order valence-electron chi connectivity index (χ0n) is 6.77. The van der Waals surface area contributed by atoms with Crippen LogP contribution in [0.4, 0.5) is 8.78 Å². The van der Waals surface area contributed by atoms with Crippen LogP contribution in [0.3, 0.4) is 0 Å². The molecule has 2 nitrogen and oxygen atoms in total. The number of pyridine rings is 1. The number of halogens is 4. The highest BCUT2D eigenvalue weighted by atomic mass is 79.9. The van der Waals surface area contributed by atoms with Crippen LogP contribution in [0, 0.1) is 11.3 Å². The average Bonchev–Trinajstić information content (AvgIpc) is 2.16. The van der Waals surface area contributed by atoms with Gasteiger partial charge in [0.25, 0.3) is 6.43 Å². The second kappa shape index (κ2) is 4.67. The number of hydrogen-bond donors (Lipinski definition) is 0. The largest absolute Gasteiger partial charge is 0.280 e. The molecule has 1 rings (SSSR count). The molecule has 0 spiro atoms. The Bertz CT molecular complexity index is 390. The molecule has 0 aromatic carbocycles. The number of alkyl halides is 3. The monoisotopic (exact) mass is 280 g/mol. The zero-order valence-corrected chi connectivity index (χ0v) is 9.11. The fraction of sp³-hybridized carbons (Fsp3) is 0.250. The second-order valence-corrected chi connectivity index (χ2v) is 3.52. The molecule has 6 heteroatoms.